The van der Waals surface area contributed by atoms with Crippen LogP contribution in [0.15, 0.2) is 24.3 Å². The molecule has 0 fully saturated rings. The normalized spacial score (nSPS) is 12.8. The second-order valence-electron chi connectivity index (χ2n) is 5.29. The number of hydrogen-bond acceptors (Lipinski definition) is 2. The molecule has 0 amide bonds. The van der Waals surface area contributed by atoms with Crippen LogP contribution in [0, 0.1) is 5.92 Å². The average Bonchev–Trinajstić information content (AvgIpc) is 2.28. The molecule has 1 aromatic rings. The van der Waals surface area contributed by atoms with E-state index in [4.69, 9.17) is 5.73 Å². The van der Waals surface area contributed by atoms with Gasteiger partial charge in [0.25, 0.3) is 0 Å². The molecule has 2 heteroatoms. The summed E-state index contributed by atoms with van der Waals surface area (Å²) >= 11 is 0. The minimum Gasteiger partial charge on any atom is -0.373 e. The fourth-order valence-corrected chi connectivity index (χ4v) is 2.12. The largest absolute Gasteiger partial charge is 0.373 e. The summed E-state index contributed by atoms with van der Waals surface area (Å²) in [6.07, 6.45) is 2.17. The van der Waals surface area contributed by atoms with Gasteiger partial charge in [-0.05, 0) is 36.5 Å². The van der Waals surface area contributed by atoms with Crippen LogP contribution in [-0.2, 0) is 6.42 Å². The molecule has 0 radical (unpaired) electrons. The maximum atomic E-state index is 6.13. The van der Waals surface area contributed by atoms with Crippen molar-refractivity contribution in [2.45, 2.75) is 39.7 Å². The summed E-state index contributed by atoms with van der Waals surface area (Å²) in [6, 6.07) is 9.01. The van der Waals surface area contributed by atoms with E-state index in [1.54, 1.807) is 0 Å². The Labute approximate surface area is 106 Å². The van der Waals surface area contributed by atoms with Crippen molar-refractivity contribution < 1.29 is 0 Å². The number of anilines is 1. The van der Waals surface area contributed by atoms with E-state index in [1.807, 2.05) is 0 Å². The Bertz CT molecular complexity index is 316. The highest BCUT2D eigenvalue weighted by Crippen LogP contribution is 2.15. The molecule has 0 bridgehead atoms. The molecule has 0 aromatic heterocycles. The summed E-state index contributed by atoms with van der Waals surface area (Å²) in [5.74, 6) is 0.667. The predicted octanol–water partition coefficient (Wildman–Crippen LogP) is 3.06. The minimum absolute atomic E-state index is 0.255. The van der Waals surface area contributed by atoms with Gasteiger partial charge in [-0.25, -0.2) is 0 Å². The van der Waals surface area contributed by atoms with Crippen LogP contribution in [0.3, 0.4) is 0 Å². The molecule has 0 heterocycles. The topological polar surface area (TPSA) is 29.3 Å². The number of nitrogens with two attached hydrogens (primary N) is 1. The van der Waals surface area contributed by atoms with Crippen molar-refractivity contribution >= 4 is 5.69 Å². The lowest BCUT2D eigenvalue weighted by molar-refractivity contribution is 0.495. The Morgan fingerprint density at radius 3 is 2.24 bits per heavy atom. The molecule has 0 aliphatic heterocycles. The highest BCUT2D eigenvalue weighted by atomic mass is 15.1. The first-order valence-corrected chi connectivity index (χ1v) is 6.58. The molecule has 0 unspecified atom stereocenters. The smallest absolute Gasteiger partial charge is 0.0364 e. The Hall–Kier alpha value is -1.02. The van der Waals surface area contributed by atoms with E-state index in [2.05, 4.69) is 57.0 Å². The van der Waals surface area contributed by atoms with E-state index in [-0.39, 0.29) is 6.04 Å². The number of aryl methyl sites for hydroxylation is 1. The van der Waals surface area contributed by atoms with E-state index >= 15 is 0 Å². The Balaban J connectivity index is 2.53. The standard InChI is InChI=1S/C15H26N2/c1-5-13-6-8-15(9-7-13)17(4)11-14(16)10-12(2)3/h6-9,12,14H,5,10-11,16H2,1-4H3/t14-/m0/s1. The zero-order valence-corrected chi connectivity index (χ0v) is 11.6. The average molecular weight is 234 g/mol. The van der Waals surface area contributed by atoms with Gasteiger partial charge in [0.05, 0.1) is 0 Å². The molecule has 1 atom stereocenters. The van der Waals surface area contributed by atoms with Gasteiger partial charge in [-0.15, -0.1) is 0 Å². The number of benzene rings is 1. The number of rotatable bonds is 6. The summed E-state index contributed by atoms with van der Waals surface area (Å²) in [5.41, 5.74) is 8.76. The van der Waals surface area contributed by atoms with Crippen LogP contribution in [-0.4, -0.2) is 19.6 Å². The zero-order valence-electron chi connectivity index (χ0n) is 11.6. The third-order valence-electron chi connectivity index (χ3n) is 3.07. The number of likely N-dealkylation sites (N-methyl/N-ethyl adjacent to an activating group) is 1. The van der Waals surface area contributed by atoms with Crippen LogP contribution in [0.2, 0.25) is 0 Å². The third-order valence-corrected chi connectivity index (χ3v) is 3.07. The van der Waals surface area contributed by atoms with Gasteiger partial charge in [0.2, 0.25) is 0 Å². The number of nitrogens with zero attached hydrogens (tertiary/aromatic N) is 1. The first-order valence-electron chi connectivity index (χ1n) is 6.58. The first-order chi connectivity index (χ1) is 8.02. The van der Waals surface area contributed by atoms with Crippen molar-refractivity contribution in [3.05, 3.63) is 29.8 Å². The van der Waals surface area contributed by atoms with Gasteiger partial charge < -0.3 is 10.6 Å². The molecule has 0 saturated heterocycles. The highest BCUT2D eigenvalue weighted by Gasteiger charge is 2.09. The maximum Gasteiger partial charge on any atom is 0.0364 e. The van der Waals surface area contributed by atoms with Crippen molar-refractivity contribution in [3.8, 4) is 0 Å². The van der Waals surface area contributed by atoms with Gasteiger partial charge in [0, 0.05) is 25.3 Å². The zero-order chi connectivity index (χ0) is 12.8. The third kappa shape index (κ3) is 4.78. The van der Waals surface area contributed by atoms with E-state index in [0.717, 1.165) is 19.4 Å². The van der Waals surface area contributed by atoms with Crippen molar-refractivity contribution in [1.82, 2.24) is 0 Å². The lowest BCUT2D eigenvalue weighted by Crippen LogP contribution is -2.36. The number of hydrogen-bond donors (Lipinski definition) is 1. The molecule has 96 valence electrons. The van der Waals surface area contributed by atoms with Crippen LogP contribution >= 0.6 is 0 Å². The molecule has 1 rings (SSSR count). The molecule has 2 N–H and O–H groups in total. The van der Waals surface area contributed by atoms with Gasteiger partial charge in [-0.1, -0.05) is 32.9 Å². The second kappa shape index (κ2) is 6.65. The minimum atomic E-state index is 0.255. The van der Waals surface area contributed by atoms with Crippen LogP contribution in [0.1, 0.15) is 32.8 Å². The van der Waals surface area contributed by atoms with Crippen LogP contribution in [0.4, 0.5) is 5.69 Å². The molecule has 17 heavy (non-hydrogen) atoms. The summed E-state index contributed by atoms with van der Waals surface area (Å²) in [7, 11) is 2.11. The Morgan fingerprint density at radius 1 is 1.18 bits per heavy atom. The second-order valence-corrected chi connectivity index (χ2v) is 5.29. The predicted molar refractivity (Wildman–Crippen MR) is 76.5 cm³/mol. The molecular weight excluding hydrogens is 208 g/mol. The summed E-state index contributed by atoms with van der Waals surface area (Å²) in [6.45, 7) is 7.53. The van der Waals surface area contributed by atoms with Gasteiger partial charge in [-0.2, -0.15) is 0 Å². The molecule has 0 aliphatic rings. The summed E-state index contributed by atoms with van der Waals surface area (Å²) in [5, 5.41) is 0. The molecule has 2 nitrogen and oxygen atoms in total. The maximum absolute atomic E-state index is 6.13. The fourth-order valence-electron chi connectivity index (χ4n) is 2.12. The van der Waals surface area contributed by atoms with Crippen LogP contribution in [0.5, 0.6) is 0 Å². The van der Waals surface area contributed by atoms with Gasteiger partial charge in [0.15, 0.2) is 0 Å². The summed E-state index contributed by atoms with van der Waals surface area (Å²) < 4.78 is 0. The molecule has 0 aliphatic carbocycles. The molecule has 0 saturated carbocycles. The SMILES string of the molecule is CCc1ccc(N(C)C[C@@H](N)CC(C)C)cc1. The Kier molecular flexibility index (Phi) is 5.49. The van der Waals surface area contributed by atoms with E-state index in [9.17, 15) is 0 Å². The lowest BCUT2D eigenvalue weighted by atomic mass is 10.0. The van der Waals surface area contributed by atoms with Gasteiger partial charge in [-0.3, -0.25) is 0 Å². The highest BCUT2D eigenvalue weighted by molar-refractivity contribution is 5.47. The van der Waals surface area contributed by atoms with Gasteiger partial charge >= 0.3 is 0 Å². The van der Waals surface area contributed by atoms with Crippen molar-refractivity contribution in [2.24, 2.45) is 11.7 Å². The quantitative estimate of drug-likeness (QED) is 0.819. The molecule has 0 spiro atoms. The molecule has 1 aromatic carbocycles. The van der Waals surface area contributed by atoms with Crippen LogP contribution in [0.25, 0.3) is 0 Å². The fraction of sp³-hybridized carbons (Fsp3) is 0.600. The van der Waals surface area contributed by atoms with E-state index < -0.39 is 0 Å². The van der Waals surface area contributed by atoms with Gasteiger partial charge in [0.1, 0.15) is 0 Å². The first kappa shape index (κ1) is 14.0. The van der Waals surface area contributed by atoms with E-state index in [0.29, 0.717) is 5.92 Å². The van der Waals surface area contributed by atoms with Crippen LogP contribution < -0.4 is 10.6 Å². The lowest BCUT2D eigenvalue weighted by Gasteiger charge is -2.24. The van der Waals surface area contributed by atoms with Crippen molar-refractivity contribution in [1.29, 1.82) is 0 Å². The van der Waals surface area contributed by atoms with E-state index in [1.165, 1.54) is 11.3 Å². The van der Waals surface area contributed by atoms with Crippen molar-refractivity contribution in [2.75, 3.05) is 18.5 Å². The van der Waals surface area contributed by atoms with Crippen molar-refractivity contribution in [3.63, 3.8) is 0 Å². The Morgan fingerprint density at radius 2 is 1.76 bits per heavy atom. The molecular formula is C15H26N2. The summed E-state index contributed by atoms with van der Waals surface area (Å²) in [4.78, 5) is 2.24. The monoisotopic (exact) mass is 234 g/mol.